The van der Waals surface area contributed by atoms with E-state index in [1.54, 1.807) is 7.11 Å². The first-order valence-electron chi connectivity index (χ1n) is 12.6. The Kier molecular flexibility index (Phi) is 5.96. The molecule has 2 amide bonds. The number of aryl methyl sites for hydroxylation is 2. The summed E-state index contributed by atoms with van der Waals surface area (Å²) in [6, 6.07) is 29.5. The van der Waals surface area contributed by atoms with Gasteiger partial charge in [-0.2, -0.15) is 5.10 Å². The fraction of sp³-hybridized carbons (Fsp3) is 0.161. The molecular weight excluding hydrogens is 474 g/mol. The molecule has 0 spiro atoms. The van der Waals surface area contributed by atoms with E-state index in [4.69, 9.17) is 9.84 Å². The standard InChI is InChI=1S/C31H29N5O2/c1-21-15-17-23(18-16-21)29-27-13-9-19-34(27)30-25(22(2)33-36(30)24-10-5-4-6-11-24)20-35(29)31(37)32-26-12-7-8-14-28(26)38-3/h4-19,29H,20H2,1-3H3,(H,32,37). The molecule has 3 aromatic carbocycles. The van der Waals surface area contributed by atoms with E-state index in [0.717, 1.165) is 34.0 Å². The zero-order chi connectivity index (χ0) is 26.2. The van der Waals surface area contributed by atoms with E-state index in [0.29, 0.717) is 18.0 Å². The van der Waals surface area contributed by atoms with Crippen LogP contribution in [-0.4, -0.2) is 32.4 Å². The average Bonchev–Trinajstić information content (AvgIpc) is 3.50. The van der Waals surface area contributed by atoms with E-state index in [1.165, 1.54) is 5.56 Å². The number of carbonyl (C=O) groups excluding carboxylic acids is 1. The minimum atomic E-state index is -0.323. The maximum atomic E-state index is 14.1. The number of benzene rings is 3. The SMILES string of the molecule is COc1ccccc1NC(=O)N1Cc2c(C)nn(-c3ccccc3)c2-n2cccc2C1c1ccc(C)cc1. The van der Waals surface area contributed by atoms with Gasteiger partial charge < -0.3 is 19.5 Å². The summed E-state index contributed by atoms with van der Waals surface area (Å²) in [7, 11) is 1.60. The van der Waals surface area contributed by atoms with Gasteiger partial charge in [-0.15, -0.1) is 0 Å². The minimum Gasteiger partial charge on any atom is -0.495 e. The average molecular weight is 504 g/mol. The van der Waals surface area contributed by atoms with Crippen molar-refractivity contribution in [2.75, 3.05) is 12.4 Å². The molecule has 1 aliphatic heterocycles. The summed E-state index contributed by atoms with van der Waals surface area (Å²) in [5.74, 6) is 1.55. The Balaban J connectivity index is 1.53. The number of fused-ring (bicyclic) bond motifs is 3. The number of anilines is 1. The number of hydrogen-bond acceptors (Lipinski definition) is 3. The Morgan fingerprint density at radius 2 is 1.66 bits per heavy atom. The molecule has 0 saturated carbocycles. The first kappa shape index (κ1) is 23.6. The van der Waals surface area contributed by atoms with Gasteiger partial charge in [-0.25, -0.2) is 9.48 Å². The van der Waals surface area contributed by atoms with Crippen LogP contribution < -0.4 is 10.1 Å². The predicted octanol–water partition coefficient (Wildman–Crippen LogP) is 6.43. The fourth-order valence-corrected chi connectivity index (χ4v) is 5.18. The monoisotopic (exact) mass is 503 g/mol. The molecule has 38 heavy (non-hydrogen) atoms. The maximum absolute atomic E-state index is 14.1. The molecule has 0 fully saturated rings. The number of ether oxygens (including phenoxy) is 1. The van der Waals surface area contributed by atoms with Gasteiger partial charge in [0.05, 0.1) is 42.5 Å². The lowest BCUT2D eigenvalue weighted by atomic mass is 10.0. The van der Waals surface area contributed by atoms with E-state index in [2.05, 4.69) is 53.3 Å². The molecule has 7 heteroatoms. The van der Waals surface area contributed by atoms with Crippen LogP contribution in [0.1, 0.15) is 34.1 Å². The van der Waals surface area contributed by atoms with Crippen molar-refractivity contribution in [3.63, 3.8) is 0 Å². The summed E-state index contributed by atoms with van der Waals surface area (Å²) < 4.78 is 9.65. The summed E-state index contributed by atoms with van der Waals surface area (Å²) in [6.07, 6.45) is 2.05. The van der Waals surface area contributed by atoms with Crippen LogP contribution in [0.4, 0.5) is 10.5 Å². The van der Waals surface area contributed by atoms with Gasteiger partial charge in [0.2, 0.25) is 0 Å². The van der Waals surface area contributed by atoms with Crippen molar-refractivity contribution in [1.82, 2.24) is 19.2 Å². The van der Waals surface area contributed by atoms with Crippen molar-refractivity contribution in [3.05, 3.63) is 125 Å². The van der Waals surface area contributed by atoms with Gasteiger partial charge in [0.15, 0.2) is 0 Å². The number of nitrogens with one attached hydrogen (secondary N) is 1. The van der Waals surface area contributed by atoms with Crippen LogP contribution in [0.2, 0.25) is 0 Å². The lowest BCUT2D eigenvalue weighted by molar-refractivity contribution is 0.194. The molecule has 7 nitrogen and oxygen atoms in total. The molecule has 0 aliphatic carbocycles. The van der Waals surface area contributed by atoms with Crippen molar-refractivity contribution < 1.29 is 9.53 Å². The molecule has 5 aromatic rings. The van der Waals surface area contributed by atoms with E-state index >= 15 is 0 Å². The first-order valence-corrected chi connectivity index (χ1v) is 12.6. The summed E-state index contributed by atoms with van der Waals surface area (Å²) >= 11 is 0. The van der Waals surface area contributed by atoms with Gasteiger partial charge in [0, 0.05) is 11.8 Å². The number of para-hydroxylation sites is 3. The van der Waals surface area contributed by atoms with Crippen molar-refractivity contribution in [3.8, 4) is 17.3 Å². The van der Waals surface area contributed by atoms with Crippen molar-refractivity contribution in [1.29, 1.82) is 0 Å². The summed E-state index contributed by atoms with van der Waals surface area (Å²) in [4.78, 5) is 16.0. The Bertz CT molecular complexity index is 1600. The van der Waals surface area contributed by atoms with Gasteiger partial charge in [-0.05, 0) is 55.8 Å². The molecule has 1 atom stereocenters. The van der Waals surface area contributed by atoms with Crippen LogP contribution in [0.25, 0.3) is 11.5 Å². The third kappa shape index (κ3) is 4.02. The summed E-state index contributed by atoms with van der Waals surface area (Å²) in [5, 5.41) is 8.02. The third-order valence-corrected chi connectivity index (χ3v) is 7.09. The quantitative estimate of drug-likeness (QED) is 0.308. The van der Waals surface area contributed by atoms with E-state index in [-0.39, 0.29) is 12.1 Å². The van der Waals surface area contributed by atoms with E-state index < -0.39 is 0 Å². The lowest BCUT2D eigenvalue weighted by Crippen LogP contribution is -2.38. The highest BCUT2D eigenvalue weighted by atomic mass is 16.5. The Morgan fingerprint density at radius 3 is 2.42 bits per heavy atom. The van der Waals surface area contributed by atoms with Crippen LogP contribution in [-0.2, 0) is 6.54 Å². The molecule has 1 N–H and O–H groups in total. The number of nitrogens with zero attached hydrogens (tertiary/aromatic N) is 4. The van der Waals surface area contributed by atoms with Crippen molar-refractivity contribution in [2.24, 2.45) is 0 Å². The molecule has 0 radical (unpaired) electrons. The number of aromatic nitrogens is 3. The second-order valence-electron chi connectivity index (χ2n) is 9.51. The molecule has 2 aromatic heterocycles. The second-order valence-corrected chi connectivity index (χ2v) is 9.51. The lowest BCUT2D eigenvalue weighted by Gasteiger charge is -2.31. The van der Waals surface area contributed by atoms with Gasteiger partial charge in [0.1, 0.15) is 11.6 Å². The Morgan fingerprint density at radius 1 is 0.921 bits per heavy atom. The largest absolute Gasteiger partial charge is 0.495 e. The number of carbonyl (C=O) groups is 1. The smallest absolute Gasteiger partial charge is 0.323 e. The highest BCUT2D eigenvalue weighted by Gasteiger charge is 2.36. The highest BCUT2D eigenvalue weighted by Crippen LogP contribution is 2.39. The normalized spacial score (nSPS) is 14.4. The predicted molar refractivity (Wildman–Crippen MR) is 148 cm³/mol. The molecule has 190 valence electrons. The van der Waals surface area contributed by atoms with Crippen LogP contribution in [0, 0.1) is 13.8 Å². The zero-order valence-electron chi connectivity index (χ0n) is 21.6. The zero-order valence-corrected chi connectivity index (χ0v) is 21.6. The molecule has 3 heterocycles. The summed E-state index contributed by atoms with van der Waals surface area (Å²) in [5.41, 5.74) is 6.66. The van der Waals surface area contributed by atoms with E-state index in [9.17, 15) is 4.79 Å². The molecule has 1 aliphatic rings. The number of amides is 2. The van der Waals surface area contributed by atoms with Gasteiger partial charge in [-0.3, -0.25) is 0 Å². The number of methoxy groups -OCH3 is 1. The van der Waals surface area contributed by atoms with E-state index in [1.807, 2.05) is 77.2 Å². The number of hydrogen-bond donors (Lipinski definition) is 1. The number of urea groups is 1. The topological polar surface area (TPSA) is 64.3 Å². The van der Waals surface area contributed by atoms with Crippen LogP contribution >= 0.6 is 0 Å². The first-order chi connectivity index (χ1) is 18.5. The molecule has 0 saturated heterocycles. The van der Waals surface area contributed by atoms with Crippen LogP contribution in [0.15, 0.2) is 97.2 Å². The highest BCUT2D eigenvalue weighted by molar-refractivity contribution is 5.91. The molecule has 6 rings (SSSR count). The van der Waals surface area contributed by atoms with Gasteiger partial charge in [0.25, 0.3) is 0 Å². The van der Waals surface area contributed by atoms with Crippen LogP contribution in [0.3, 0.4) is 0 Å². The molecule has 0 bridgehead atoms. The van der Waals surface area contributed by atoms with Gasteiger partial charge in [-0.1, -0.05) is 60.2 Å². The third-order valence-electron chi connectivity index (χ3n) is 7.09. The Labute approximate surface area is 221 Å². The van der Waals surface area contributed by atoms with Gasteiger partial charge >= 0.3 is 6.03 Å². The molecule has 1 unspecified atom stereocenters. The maximum Gasteiger partial charge on any atom is 0.323 e. The van der Waals surface area contributed by atoms with Crippen molar-refractivity contribution >= 4 is 11.7 Å². The second kappa shape index (κ2) is 9.59. The number of rotatable bonds is 4. The minimum absolute atomic E-state index is 0.215. The fourth-order valence-electron chi connectivity index (χ4n) is 5.18. The molecular formula is C31H29N5O2. The Hall–Kier alpha value is -4.78. The van der Waals surface area contributed by atoms with Crippen molar-refractivity contribution in [2.45, 2.75) is 26.4 Å². The summed E-state index contributed by atoms with van der Waals surface area (Å²) in [6.45, 7) is 4.46. The van der Waals surface area contributed by atoms with Crippen LogP contribution in [0.5, 0.6) is 5.75 Å².